The van der Waals surface area contributed by atoms with Crippen LogP contribution in [0.1, 0.15) is 48.9 Å². The normalized spacial score (nSPS) is 19.8. The number of fused-ring (bicyclic) bond motifs is 1. The molecule has 1 fully saturated rings. The summed E-state index contributed by atoms with van der Waals surface area (Å²) in [5.74, 6) is -0.480. The molecule has 3 atom stereocenters. The number of carboxylic acids is 1. The van der Waals surface area contributed by atoms with E-state index < -0.39 is 11.9 Å². The molecule has 2 aliphatic rings. The Kier molecular flexibility index (Phi) is 9.65. The number of likely N-dealkylation sites (tertiary alicyclic amines) is 1. The second kappa shape index (κ2) is 13.4. The number of carbonyl (C=O) groups excluding carboxylic acids is 1. The van der Waals surface area contributed by atoms with Gasteiger partial charge in [0, 0.05) is 55.2 Å². The van der Waals surface area contributed by atoms with Crippen LogP contribution in [0.2, 0.25) is 0 Å². The summed E-state index contributed by atoms with van der Waals surface area (Å²) in [7, 11) is 8.48. The van der Waals surface area contributed by atoms with Crippen LogP contribution in [0.15, 0.2) is 60.8 Å². The maximum absolute atomic E-state index is 14.2. The molecule has 3 unspecified atom stereocenters. The van der Waals surface area contributed by atoms with Crippen molar-refractivity contribution < 1.29 is 28.7 Å². The number of unbranched alkanes of at least 4 members (excludes halogenated alkanes) is 1. The van der Waals surface area contributed by atoms with E-state index in [0.29, 0.717) is 31.0 Å². The van der Waals surface area contributed by atoms with E-state index in [9.17, 15) is 14.7 Å². The number of rotatable bonds is 13. The predicted molar refractivity (Wildman–Crippen MR) is 171 cm³/mol. The summed E-state index contributed by atoms with van der Waals surface area (Å²) in [6, 6.07) is 17.8. The smallest absolute Gasteiger partial charge is 0.308 e. The lowest BCUT2D eigenvalue weighted by molar-refractivity contribution is -0.884. The molecule has 2 aromatic carbocycles. The Morgan fingerprint density at radius 1 is 1.05 bits per heavy atom. The zero-order chi connectivity index (χ0) is 31.4. The van der Waals surface area contributed by atoms with Crippen LogP contribution in [0, 0.1) is 5.92 Å². The summed E-state index contributed by atoms with van der Waals surface area (Å²) < 4.78 is 14.0. The van der Waals surface area contributed by atoms with Crippen LogP contribution in [0.25, 0.3) is 0 Å². The number of carboxylic acid groups (broad SMARTS) is 1. The highest BCUT2D eigenvalue weighted by molar-refractivity contribution is 5.95. The first-order valence-corrected chi connectivity index (χ1v) is 15.7. The molecular formula is C35H47N4O5+. The fourth-order valence-electron chi connectivity index (χ4n) is 6.73. The minimum absolute atomic E-state index is 0.000176. The van der Waals surface area contributed by atoms with E-state index in [-0.39, 0.29) is 31.2 Å². The molecule has 0 bridgehead atoms. The molecule has 0 saturated carbocycles. The molecule has 9 nitrogen and oxygen atoms in total. The number of nitrogens with zero attached hydrogens (tertiary/aromatic N) is 4. The van der Waals surface area contributed by atoms with Crippen molar-refractivity contribution >= 4 is 17.6 Å². The highest BCUT2D eigenvalue weighted by atomic mass is 16.7. The van der Waals surface area contributed by atoms with Crippen molar-refractivity contribution in [3.63, 3.8) is 0 Å². The number of aromatic nitrogens is 1. The molecular weight excluding hydrogens is 556 g/mol. The van der Waals surface area contributed by atoms with Gasteiger partial charge in [-0.2, -0.15) is 0 Å². The summed E-state index contributed by atoms with van der Waals surface area (Å²) in [5, 5.41) is 10.6. The van der Waals surface area contributed by atoms with E-state index in [2.05, 4.69) is 55.7 Å². The van der Waals surface area contributed by atoms with Gasteiger partial charge in [0.1, 0.15) is 6.54 Å². The van der Waals surface area contributed by atoms with Crippen LogP contribution in [0.5, 0.6) is 11.5 Å². The number of aliphatic carboxylic acids is 1. The lowest BCUT2D eigenvalue weighted by Gasteiger charge is -2.30. The highest BCUT2D eigenvalue weighted by Gasteiger charge is 2.47. The molecule has 0 spiro atoms. The number of amides is 1. The quantitative estimate of drug-likeness (QED) is 0.280. The van der Waals surface area contributed by atoms with Crippen LogP contribution in [0.4, 0.5) is 5.69 Å². The third-order valence-corrected chi connectivity index (χ3v) is 8.86. The van der Waals surface area contributed by atoms with Crippen molar-refractivity contribution in [2.45, 2.75) is 51.1 Å². The highest BCUT2D eigenvalue weighted by Crippen LogP contribution is 2.43. The second-order valence-corrected chi connectivity index (χ2v) is 13.2. The second-order valence-electron chi connectivity index (χ2n) is 13.2. The summed E-state index contributed by atoms with van der Waals surface area (Å²) in [6.45, 7) is 4.40. The van der Waals surface area contributed by atoms with Crippen LogP contribution >= 0.6 is 0 Å². The molecule has 0 aliphatic carbocycles. The number of aryl methyl sites for hydroxylation is 2. The van der Waals surface area contributed by atoms with Gasteiger partial charge in [0.25, 0.3) is 0 Å². The van der Waals surface area contributed by atoms with Crippen LogP contribution < -0.4 is 14.4 Å². The van der Waals surface area contributed by atoms with E-state index in [1.165, 1.54) is 5.56 Å². The van der Waals surface area contributed by atoms with Gasteiger partial charge in [0.2, 0.25) is 12.7 Å². The Bertz CT molecular complexity index is 1460. The Morgan fingerprint density at radius 3 is 2.55 bits per heavy atom. The lowest BCUT2D eigenvalue weighted by Crippen LogP contribution is -2.44. The van der Waals surface area contributed by atoms with Gasteiger partial charge in [-0.3, -0.25) is 14.5 Å². The fourth-order valence-corrected chi connectivity index (χ4v) is 6.73. The summed E-state index contributed by atoms with van der Waals surface area (Å²) in [6.07, 6.45) is 5.23. The van der Waals surface area contributed by atoms with Gasteiger partial charge in [-0.05, 0) is 61.2 Å². The van der Waals surface area contributed by atoms with Crippen LogP contribution in [0.3, 0.4) is 0 Å². The average Bonchev–Trinajstić information content (AvgIpc) is 3.69. The van der Waals surface area contributed by atoms with E-state index >= 15 is 0 Å². The number of hydrogen-bond acceptors (Lipinski definition) is 5. The molecule has 1 saturated heterocycles. The van der Waals surface area contributed by atoms with E-state index in [1.807, 2.05) is 54.5 Å². The third-order valence-electron chi connectivity index (χ3n) is 8.86. The Balaban J connectivity index is 1.44. The number of benzene rings is 2. The standard InChI is InChI=1S/C35H46N4O5/c1-6-7-18-38(28-11-8-10-25(19-28)23-39(3,4)5)33(40)22-37-21-29(26-13-16-31-32(20-26)44-24-43-31)34(35(41)42)30(37)15-14-27-12-9-17-36(27)2/h8-13,16-17,19-20,29-30,34H,6-7,14-15,18,21-24H2,1-5H3/p+1. The van der Waals surface area contributed by atoms with E-state index in [0.717, 1.165) is 47.2 Å². The minimum Gasteiger partial charge on any atom is -0.481 e. The number of carbonyl (C=O) groups is 2. The van der Waals surface area contributed by atoms with Gasteiger partial charge in [-0.1, -0.05) is 31.5 Å². The third kappa shape index (κ3) is 7.27. The first kappa shape index (κ1) is 31.6. The largest absolute Gasteiger partial charge is 0.481 e. The van der Waals surface area contributed by atoms with Crippen molar-refractivity contribution in [2.24, 2.45) is 13.0 Å². The molecule has 1 amide bonds. The fraction of sp³-hybridized carbons (Fsp3) is 0.486. The molecule has 5 rings (SSSR count). The van der Waals surface area contributed by atoms with E-state index in [4.69, 9.17) is 9.47 Å². The van der Waals surface area contributed by atoms with Gasteiger partial charge in [-0.25, -0.2) is 0 Å². The van der Waals surface area contributed by atoms with Gasteiger partial charge in [-0.15, -0.1) is 0 Å². The molecule has 1 aromatic heterocycles. The first-order chi connectivity index (χ1) is 21.0. The Labute approximate surface area is 261 Å². The SMILES string of the molecule is CCCCN(C(=O)CN1CC(c2ccc3c(c2)OCO3)C(C(=O)O)C1CCc1cccn1C)c1cccc(C[N+](C)(C)C)c1. The van der Waals surface area contributed by atoms with Crippen molar-refractivity contribution in [3.05, 3.63) is 77.6 Å². The lowest BCUT2D eigenvalue weighted by atomic mass is 9.83. The van der Waals surface area contributed by atoms with Gasteiger partial charge < -0.3 is 28.5 Å². The molecule has 0 radical (unpaired) electrons. The molecule has 3 heterocycles. The zero-order valence-corrected chi connectivity index (χ0v) is 26.7. The van der Waals surface area contributed by atoms with Crippen molar-refractivity contribution in [1.82, 2.24) is 9.47 Å². The Morgan fingerprint density at radius 2 is 1.84 bits per heavy atom. The molecule has 44 heavy (non-hydrogen) atoms. The summed E-state index contributed by atoms with van der Waals surface area (Å²) in [4.78, 5) is 31.2. The number of ether oxygens (including phenoxy) is 2. The molecule has 3 aromatic rings. The molecule has 2 aliphatic heterocycles. The number of hydrogen-bond donors (Lipinski definition) is 1. The van der Waals surface area contributed by atoms with Crippen LogP contribution in [-0.2, 0) is 29.6 Å². The maximum Gasteiger partial charge on any atom is 0.308 e. The monoisotopic (exact) mass is 603 g/mol. The van der Waals surface area contributed by atoms with Gasteiger partial charge in [0.15, 0.2) is 11.5 Å². The zero-order valence-electron chi connectivity index (χ0n) is 26.7. The van der Waals surface area contributed by atoms with Crippen molar-refractivity contribution in [1.29, 1.82) is 0 Å². The average molecular weight is 604 g/mol. The summed E-state index contributed by atoms with van der Waals surface area (Å²) in [5.41, 5.74) is 4.12. The van der Waals surface area contributed by atoms with Crippen molar-refractivity contribution in [2.75, 3.05) is 52.5 Å². The first-order valence-electron chi connectivity index (χ1n) is 15.7. The predicted octanol–water partition coefficient (Wildman–Crippen LogP) is 4.89. The maximum atomic E-state index is 14.2. The van der Waals surface area contributed by atoms with Gasteiger partial charge in [0.05, 0.1) is 33.6 Å². The topological polar surface area (TPSA) is 84.2 Å². The van der Waals surface area contributed by atoms with Crippen molar-refractivity contribution in [3.8, 4) is 11.5 Å². The van der Waals surface area contributed by atoms with Crippen LogP contribution in [-0.4, -0.2) is 84.5 Å². The molecule has 9 heteroatoms. The Hall–Kier alpha value is -3.82. The number of anilines is 1. The molecule has 236 valence electrons. The minimum atomic E-state index is -0.838. The molecule has 1 N–H and O–H groups in total. The van der Waals surface area contributed by atoms with Gasteiger partial charge >= 0.3 is 5.97 Å². The van der Waals surface area contributed by atoms with E-state index in [1.54, 1.807) is 0 Å². The summed E-state index contributed by atoms with van der Waals surface area (Å²) >= 11 is 0. The number of quaternary nitrogens is 1.